The Labute approximate surface area is 142 Å². The summed E-state index contributed by atoms with van der Waals surface area (Å²) in [6, 6.07) is 5.42. The number of nitrogens with two attached hydrogens (primary N) is 1. The zero-order chi connectivity index (χ0) is 17.5. The Bertz CT molecular complexity index is 765. The summed E-state index contributed by atoms with van der Waals surface area (Å²) in [4.78, 5) is 25.2. The Morgan fingerprint density at radius 3 is 2.62 bits per heavy atom. The summed E-state index contributed by atoms with van der Waals surface area (Å²) in [5.41, 5.74) is 7.11. The molecule has 5 nitrogen and oxygen atoms in total. The number of carbonyl (C=O) groups excluding carboxylic acids is 1. The number of nitrogen functional groups attached to an aromatic ring is 1. The molecule has 0 unspecified atom stereocenters. The molecular formula is C19H27N3O2. The van der Waals surface area contributed by atoms with Crippen LogP contribution in [0.4, 0.5) is 5.69 Å². The van der Waals surface area contributed by atoms with E-state index in [2.05, 4.69) is 19.2 Å². The van der Waals surface area contributed by atoms with Gasteiger partial charge in [-0.1, -0.05) is 39.2 Å². The highest BCUT2D eigenvalue weighted by Gasteiger charge is 2.16. The first-order valence-electron chi connectivity index (χ1n) is 8.80. The lowest BCUT2D eigenvalue weighted by Crippen LogP contribution is -2.30. The largest absolute Gasteiger partial charge is 0.398 e. The molecule has 1 amide bonds. The van der Waals surface area contributed by atoms with Crippen LogP contribution in [-0.2, 0) is 6.54 Å². The van der Waals surface area contributed by atoms with Crippen molar-refractivity contribution in [1.82, 2.24) is 9.88 Å². The maximum atomic E-state index is 12.8. The second-order valence-electron chi connectivity index (χ2n) is 6.12. The molecule has 0 aliphatic heterocycles. The van der Waals surface area contributed by atoms with Crippen LogP contribution in [0.2, 0.25) is 0 Å². The van der Waals surface area contributed by atoms with Gasteiger partial charge < -0.3 is 15.6 Å². The van der Waals surface area contributed by atoms with Crippen LogP contribution >= 0.6 is 0 Å². The predicted octanol–water partition coefficient (Wildman–Crippen LogP) is 3.30. The van der Waals surface area contributed by atoms with Gasteiger partial charge in [0.05, 0.1) is 10.9 Å². The van der Waals surface area contributed by atoms with Crippen molar-refractivity contribution in [3.63, 3.8) is 0 Å². The third kappa shape index (κ3) is 3.96. The molecule has 130 valence electrons. The summed E-state index contributed by atoms with van der Waals surface area (Å²) in [7, 11) is 0. The van der Waals surface area contributed by atoms with Gasteiger partial charge in [-0.2, -0.15) is 0 Å². The number of pyridine rings is 1. The van der Waals surface area contributed by atoms with E-state index in [0.717, 1.165) is 44.2 Å². The van der Waals surface area contributed by atoms with Crippen LogP contribution in [0.1, 0.15) is 56.3 Å². The maximum Gasteiger partial charge on any atom is 0.256 e. The summed E-state index contributed by atoms with van der Waals surface area (Å²) < 4.78 is 1.97. The molecule has 0 radical (unpaired) electrons. The van der Waals surface area contributed by atoms with Crippen molar-refractivity contribution in [2.24, 2.45) is 0 Å². The summed E-state index contributed by atoms with van der Waals surface area (Å²) in [5.74, 6) is -0.313. The fourth-order valence-electron chi connectivity index (χ4n) is 2.81. The molecule has 0 saturated carbocycles. The lowest BCUT2D eigenvalue weighted by atomic mass is 10.1. The number of benzene rings is 1. The van der Waals surface area contributed by atoms with Crippen molar-refractivity contribution in [3.05, 3.63) is 40.2 Å². The van der Waals surface area contributed by atoms with Crippen LogP contribution in [0.3, 0.4) is 0 Å². The highest BCUT2D eigenvalue weighted by molar-refractivity contribution is 6.00. The summed E-state index contributed by atoms with van der Waals surface area (Å²) in [5, 5.41) is 3.29. The van der Waals surface area contributed by atoms with E-state index in [9.17, 15) is 9.59 Å². The molecule has 1 aromatic carbocycles. The number of fused-ring (bicyclic) bond motifs is 1. The van der Waals surface area contributed by atoms with Crippen molar-refractivity contribution in [2.45, 2.75) is 52.5 Å². The molecule has 0 aliphatic carbocycles. The molecule has 2 aromatic rings. The number of hydrogen-bond donors (Lipinski definition) is 2. The second-order valence-corrected chi connectivity index (χ2v) is 6.12. The van der Waals surface area contributed by atoms with Crippen LogP contribution in [0.15, 0.2) is 29.2 Å². The molecule has 0 spiro atoms. The van der Waals surface area contributed by atoms with Crippen molar-refractivity contribution >= 4 is 22.5 Å². The van der Waals surface area contributed by atoms with Crippen molar-refractivity contribution < 1.29 is 4.79 Å². The number of amides is 1. The van der Waals surface area contributed by atoms with E-state index in [1.165, 1.54) is 0 Å². The first-order valence-corrected chi connectivity index (χ1v) is 8.80. The van der Waals surface area contributed by atoms with Gasteiger partial charge in [0.15, 0.2) is 0 Å². The molecule has 0 bridgehead atoms. The van der Waals surface area contributed by atoms with Gasteiger partial charge >= 0.3 is 0 Å². The van der Waals surface area contributed by atoms with Crippen molar-refractivity contribution in [3.8, 4) is 0 Å². The van der Waals surface area contributed by atoms with E-state index in [-0.39, 0.29) is 16.9 Å². The number of anilines is 1. The maximum absolute atomic E-state index is 12.8. The standard InChI is InChI=1S/C19H27N3O2/c1-3-5-7-11-21-19(24)14-13-22(12-6-4-2)16-10-8-9-15(20)17(16)18(14)23/h8-10,13H,3-7,11-12,20H2,1-2H3,(H,21,24). The SMILES string of the molecule is CCCCCNC(=O)c1cn(CCCC)c2cccc(N)c2c1=O. The number of nitrogens with one attached hydrogen (secondary N) is 1. The van der Waals surface area contributed by atoms with Gasteiger partial charge in [0, 0.05) is 25.0 Å². The number of aryl methyl sites for hydroxylation is 1. The first-order chi connectivity index (χ1) is 11.6. The Morgan fingerprint density at radius 2 is 1.92 bits per heavy atom. The number of hydrogen-bond acceptors (Lipinski definition) is 3. The zero-order valence-electron chi connectivity index (χ0n) is 14.6. The molecule has 1 aromatic heterocycles. The molecule has 0 saturated heterocycles. The number of rotatable bonds is 8. The lowest BCUT2D eigenvalue weighted by molar-refractivity contribution is 0.0951. The number of aromatic nitrogens is 1. The van der Waals surface area contributed by atoms with E-state index in [0.29, 0.717) is 17.6 Å². The van der Waals surface area contributed by atoms with Crippen LogP contribution in [0.5, 0.6) is 0 Å². The highest BCUT2D eigenvalue weighted by atomic mass is 16.2. The first kappa shape index (κ1) is 18.0. The topological polar surface area (TPSA) is 77.1 Å². The number of carbonyl (C=O) groups is 1. The number of nitrogens with zero attached hydrogens (tertiary/aromatic N) is 1. The zero-order valence-corrected chi connectivity index (χ0v) is 14.6. The van der Waals surface area contributed by atoms with E-state index in [1.54, 1.807) is 12.3 Å². The number of unbranched alkanes of at least 4 members (excludes halogenated alkanes) is 3. The van der Waals surface area contributed by atoms with Gasteiger partial charge in [-0.3, -0.25) is 9.59 Å². The third-order valence-electron chi connectivity index (χ3n) is 4.20. The average Bonchev–Trinajstić information content (AvgIpc) is 2.58. The molecule has 2 rings (SSSR count). The fraction of sp³-hybridized carbons (Fsp3) is 0.474. The quantitative estimate of drug-likeness (QED) is 0.576. The molecule has 0 aliphatic rings. The Morgan fingerprint density at radius 1 is 1.17 bits per heavy atom. The molecular weight excluding hydrogens is 302 g/mol. The summed E-state index contributed by atoms with van der Waals surface area (Å²) in [6.45, 7) is 5.57. The Hall–Kier alpha value is -2.30. The summed E-state index contributed by atoms with van der Waals surface area (Å²) in [6.07, 6.45) is 6.76. The third-order valence-corrected chi connectivity index (χ3v) is 4.20. The smallest absolute Gasteiger partial charge is 0.256 e. The van der Waals surface area contributed by atoms with Gasteiger partial charge in [-0.05, 0) is 25.0 Å². The van der Waals surface area contributed by atoms with Gasteiger partial charge in [-0.15, -0.1) is 0 Å². The lowest BCUT2D eigenvalue weighted by Gasteiger charge is -2.14. The second kappa shape index (κ2) is 8.52. The minimum absolute atomic E-state index is 0.174. The fourth-order valence-corrected chi connectivity index (χ4v) is 2.81. The van der Waals surface area contributed by atoms with E-state index in [1.807, 2.05) is 16.7 Å². The van der Waals surface area contributed by atoms with Gasteiger partial charge in [0.2, 0.25) is 5.43 Å². The highest BCUT2D eigenvalue weighted by Crippen LogP contribution is 2.19. The normalized spacial score (nSPS) is 10.9. The van der Waals surface area contributed by atoms with Crippen LogP contribution in [0.25, 0.3) is 10.9 Å². The Balaban J connectivity index is 2.42. The molecule has 3 N–H and O–H groups in total. The van der Waals surface area contributed by atoms with Crippen molar-refractivity contribution in [2.75, 3.05) is 12.3 Å². The molecule has 0 atom stereocenters. The van der Waals surface area contributed by atoms with Crippen molar-refractivity contribution in [1.29, 1.82) is 0 Å². The van der Waals surface area contributed by atoms with E-state index < -0.39 is 0 Å². The molecule has 24 heavy (non-hydrogen) atoms. The van der Waals surface area contributed by atoms with Crippen LogP contribution < -0.4 is 16.5 Å². The van der Waals surface area contributed by atoms with Crippen LogP contribution in [0, 0.1) is 0 Å². The monoisotopic (exact) mass is 329 g/mol. The summed E-state index contributed by atoms with van der Waals surface area (Å²) >= 11 is 0. The van der Waals surface area contributed by atoms with Crippen LogP contribution in [-0.4, -0.2) is 17.0 Å². The van der Waals surface area contributed by atoms with E-state index >= 15 is 0 Å². The Kier molecular flexibility index (Phi) is 6.41. The molecule has 1 heterocycles. The minimum Gasteiger partial charge on any atom is -0.398 e. The molecule has 5 heteroatoms. The van der Waals surface area contributed by atoms with Gasteiger partial charge in [-0.25, -0.2) is 0 Å². The van der Waals surface area contributed by atoms with E-state index in [4.69, 9.17) is 5.73 Å². The molecule has 0 fully saturated rings. The minimum atomic E-state index is -0.313. The average molecular weight is 329 g/mol. The predicted molar refractivity (Wildman–Crippen MR) is 99.4 cm³/mol. The van der Waals surface area contributed by atoms with Gasteiger partial charge in [0.25, 0.3) is 5.91 Å². The van der Waals surface area contributed by atoms with Gasteiger partial charge in [0.1, 0.15) is 5.56 Å².